The van der Waals surface area contributed by atoms with E-state index in [0.717, 1.165) is 37.0 Å². The standard InChI is InChI=1S/C20H25NO4/c1-19-8-9-20(7-4-5-17(20)22)18(23)21(19)10-6-13-11-15(24-2)16(25-3)12-14(13)19/h11-12H,4-10H2,1-3H3. The fourth-order valence-electron chi connectivity index (χ4n) is 5.09. The Bertz CT molecular complexity index is 758. The number of nitrogens with zero attached hydrogens (tertiary/aromatic N) is 1. The summed E-state index contributed by atoms with van der Waals surface area (Å²) >= 11 is 0. The summed E-state index contributed by atoms with van der Waals surface area (Å²) in [5.74, 6) is 1.61. The van der Waals surface area contributed by atoms with Gasteiger partial charge >= 0.3 is 0 Å². The highest BCUT2D eigenvalue weighted by Gasteiger charge is 2.58. The molecule has 1 aromatic rings. The van der Waals surface area contributed by atoms with Crippen LogP contribution in [0.4, 0.5) is 0 Å². The Labute approximate surface area is 148 Å². The number of hydrogen-bond acceptors (Lipinski definition) is 4. The van der Waals surface area contributed by atoms with Crippen molar-refractivity contribution >= 4 is 11.7 Å². The van der Waals surface area contributed by atoms with Crippen molar-refractivity contribution in [1.82, 2.24) is 4.90 Å². The highest BCUT2D eigenvalue weighted by Crippen LogP contribution is 2.53. The van der Waals surface area contributed by atoms with Gasteiger partial charge in [0.25, 0.3) is 0 Å². The summed E-state index contributed by atoms with van der Waals surface area (Å²) in [7, 11) is 3.27. The van der Waals surface area contributed by atoms with Crippen LogP contribution in [0.3, 0.4) is 0 Å². The number of fused-ring (bicyclic) bond motifs is 3. The number of ether oxygens (including phenoxy) is 2. The van der Waals surface area contributed by atoms with Gasteiger partial charge in [-0.2, -0.15) is 0 Å². The predicted molar refractivity (Wildman–Crippen MR) is 92.8 cm³/mol. The Balaban J connectivity index is 1.78. The number of rotatable bonds is 2. The van der Waals surface area contributed by atoms with Crippen molar-refractivity contribution in [3.8, 4) is 11.5 Å². The first-order valence-electron chi connectivity index (χ1n) is 9.07. The van der Waals surface area contributed by atoms with Gasteiger partial charge in [-0.15, -0.1) is 0 Å². The van der Waals surface area contributed by atoms with Gasteiger partial charge in [-0.05, 0) is 62.3 Å². The lowest BCUT2D eigenvalue weighted by atomic mass is 9.67. The summed E-state index contributed by atoms with van der Waals surface area (Å²) in [6.07, 6.45) is 4.37. The maximum atomic E-state index is 13.3. The zero-order chi connectivity index (χ0) is 17.8. The molecule has 2 unspecified atom stereocenters. The van der Waals surface area contributed by atoms with Crippen LogP contribution in [0, 0.1) is 5.41 Å². The lowest BCUT2D eigenvalue weighted by molar-refractivity contribution is -0.161. The van der Waals surface area contributed by atoms with Crippen LogP contribution in [-0.4, -0.2) is 37.4 Å². The highest BCUT2D eigenvalue weighted by molar-refractivity contribution is 6.08. The van der Waals surface area contributed by atoms with E-state index in [4.69, 9.17) is 9.47 Å². The van der Waals surface area contributed by atoms with Crippen molar-refractivity contribution in [2.75, 3.05) is 20.8 Å². The zero-order valence-electron chi connectivity index (χ0n) is 15.2. The van der Waals surface area contributed by atoms with Crippen LogP contribution < -0.4 is 9.47 Å². The number of amides is 1. The van der Waals surface area contributed by atoms with Gasteiger partial charge in [0.15, 0.2) is 11.5 Å². The minimum absolute atomic E-state index is 0.0455. The number of carbonyl (C=O) groups is 2. The van der Waals surface area contributed by atoms with Gasteiger partial charge in [-0.3, -0.25) is 9.59 Å². The van der Waals surface area contributed by atoms with E-state index in [-0.39, 0.29) is 17.2 Å². The van der Waals surface area contributed by atoms with Crippen molar-refractivity contribution in [3.05, 3.63) is 23.3 Å². The first-order chi connectivity index (χ1) is 12.0. The molecule has 2 atom stereocenters. The Hall–Kier alpha value is -2.04. The normalized spacial score (nSPS) is 31.1. The second-order valence-electron chi connectivity index (χ2n) is 7.70. The summed E-state index contributed by atoms with van der Waals surface area (Å²) in [6, 6.07) is 4.05. The van der Waals surface area contributed by atoms with Gasteiger partial charge in [-0.1, -0.05) is 0 Å². The number of carbonyl (C=O) groups excluding carboxylic acids is 2. The van der Waals surface area contributed by atoms with E-state index >= 15 is 0 Å². The molecule has 134 valence electrons. The number of hydrogen-bond donors (Lipinski definition) is 0. The molecule has 1 amide bonds. The quantitative estimate of drug-likeness (QED) is 0.775. The molecule has 0 bridgehead atoms. The number of ketones is 1. The first-order valence-corrected chi connectivity index (χ1v) is 9.07. The van der Waals surface area contributed by atoms with Crippen molar-refractivity contribution in [2.45, 2.75) is 51.0 Å². The number of benzene rings is 1. The SMILES string of the molecule is COc1cc2c(cc1OC)C1(C)CCC3(CCCC3=O)C(=O)N1CC2. The van der Waals surface area contributed by atoms with Gasteiger partial charge in [0.05, 0.1) is 19.8 Å². The lowest BCUT2D eigenvalue weighted by Crippen LogP contribution is -2.61. The second-order valence-corrected chi connectivity index (χ2v) is 7.70. The maximum Gasteiger partial charge on any atom is 0.236 e. The van der Waals surface area contributed by atoms with Crippen LogP contribution in [0.1, 0.15) is 50.2 Å². The molecular weight excluding hydrogens is 318 g/mol. The van der Waals surface area contributed by atoms with Crippen LogP contribution in [0.5, 0.6) is 11.5 Å². The van der Waals surface area contributed by atoms with Crippen molar-refractivity contribution in [3.63, 3.8) is 0 Å². The molecule has 5 heteroatoms. The molecular formula is C20H25NO4. The third kappa shape index (κ3) is 2.07. The van der Waals surface area contributed by atoms with Gasteiger partial charge in [-0.25, -0.2) is 0 Å². The summed E-state index contributed by atoms with van der Waals surface area (Å²) in [6.45, 7) is 2.79. The van der Waals surface area contributed by atoms with Gasteiger partial charge in [0.2, 0.25) is 5.91 Å². The molecule has 1 spiro atoms. The third-order valence-corrected chi connectivity index (χ3v) is 6.62. The average molecular weight is 343 g/mol. The van der Waals surface area contributed by atoms with Crippen molar-refractivity contribution in [2.24, 2.45) is 5.41 Å². The number of Topliss-reactive ketones (excluding diaryl/α,β-unsaturated/α-hetero) is 1. The van der Waals surface area contributed by atoms with Crippen LogP contribution in [0.2, 0.25) is 0 Å². The van der Waals surface area contributed by atoms with E-state index in [2.05, 4.69) is 6.92 Å². The maximum absolute atomic E-state index is 13.3. The summed E-state index contributed by atoms with van der Waals surface area (Å²) in [5.41, 5.74) is 1.22. The molecule has 0 N–H and O–H groups in total. The van der Waals surface area contributed by atoms with Crippen LogP contribution >= 0.6 is 0 Å². The largest absolute Gasteiger partial charge is 0.493 e. The Morgan fingerprint density at radius 1 is 1.00 bits per heavy atom. The highest BCUT2D eigenvalue weighted by atomic mass is 16.5. The summed E-state index contributed by atoms with van der Waals surface area (Å²) in [4.78, 5) is 27.8. The molecule has 0 aromatic heterocycles. The zero-order valence-corrected chi connectivity index (χ0v) is 15.2. The Kier molecular flexibility index (Phi) is 3.60. The molecule has 1 aromatic carbocycles. The van der Waals surface area contributed by atoms with E-state index in [1.54, 1.807) is 14.2 Å². The van der Waals surface area contributed by atoms with E-state index in [9.17, 15) is 9.59 Å². The molecule has 1 saturated carbocycles. The Morgan fingerprint density at radius 3 is 2.36 bits per heavy atom. The molecule has 25 heavy (non-hydrogen) atoms. The topological polar surface area (TPSA) is 55.8 Å². The second kappa shape index (κ2) is 5.48. The van der Waals surface area contributed by atoms with Gasteiger partial charge < -0.3 is 14.4 Å². The molecule has 5 nitrogen and oxygen atoms in total. The minimum Gasteiger partial charge on any atom is -0.493 e. The number of methoxy groups -OCH3 is 2. The molecule has 2 heterocycles. The molecule has 1 aliphatic carbocycles. The monoisotopic (exact) mass is 343 g/mol. The fourth-order valence-corrected chi connectivity index (χ4v) is 5.09. The van der Waals surface area contributed by atoms with Gasteiger partial charge in [0, 0.05) is 13.0 Å². The molecule has 0 radical (unpaired) electrons. The van der Waals surface area contributed by atoms with E-state index in [1.165, 1.54) is 5.56 Å². The molecule has 4 rings (SSSR count). The van der Waals surface area contributed by atoms with Crippen molar-refractivity contribution < 1.29 is 19.1 Å². The summed E-state index contributed by atoms with van der Waals surface area (Å²) < 4.78 is 10.9. The van der Waals surface area contributed by atoms with E-state index in [0.29, 0.717) is 25.1 Å². The third-order valence-electron chi connectivity index (χ3n) is 6.62. The predicted octanol–water partition coefficient (Wildman–Crippen LogP) is 2.84. The number of piperidine rings is 1. The van der Waals surface area contributed by atoms with Crippen LogP contribution in [0.25, 0.3) is 0 Å². The average Bonchev–Trinajstić information content (AvgIpc) is 2.99. The fraction of sp³-hybridized carbons (Fsp3) is 0.600. The van der Waals surface area contributed by atoms with Gasteiger partial charge in [0.1, 0.15) is 11.2 Å². The first kappa shape index (κ1) is 16.4. The molecule has 3 aliphatic rings. The summed E-state index contributed by atoms with van der Waals surface area (Å²) in [5, 5.41) is 0. The van der Waals surface area contributed by atoms with E-state index in [1.807, 2.05) is 17.0 Å². The molecule has 1 saturated heterocycles. The smallest absolute Gasteiger partial charge is 0.236 e. The molecule has 2 fully saturated rings. The lowest BCUT2D eigenvalue weighted by Gasteiger charge is -2.53. The van der Waals surface area contributed by atoms with Crippen molar-refractivity contribution in [1.29, 1.82) is 0 Å². The minimum atomic E-state index is -0.742. The van der Waals surface area contributed by atoms with E-state index < -0.39 is 5.41 Å². The molecule has 2 aliphatic heterocycles. The van der Waals surface area contributed by atoms with Crippen LogP contribution in [0.15, 0.2) is 12.1 Å². The van der Waals surface area contributed by atoms with Crippen LogP contribution in [-0.2, 0) is 21.5 Å². The Morgan fingerprint density at radius 2 is 1.72 bits per heavy atom.